The molecule has 2 rings (SSSR count). The van der Waals surface area contributed by atoms with E-state index in [1.54, 1.807) is 12.1 Å². The number of benzene rings is 2. The summed E-state index contributed by atoms with van der Waals surface area (Å²) in [6.07, 6.45) is 0. The molecule has 0 fully saturated rings. The average Bonchev–Trinajstić information content (AvgIpc) is 2.49. The molecule has 24 heavy (non-hydrogen) atoms. The van der Waals surface area contributed by atoms with Gasteiger partial charge in [-0.3, -0.25) is 9.80 Å². The van der Waals surface area contributed by atoms with Gasteiger partial charge in [-0.2, -0.15) is 5.10 Å². The van der Waals surface area contributed by atoms with Gasteiger partial charge in [0.15, 0.2) is 0 Å². The van der Waals surface area contributed by atoms with Crippen LogP contribution in [0.3, 0.4) is 0 Å². The van der Waals surface area contributed by atoms with Crippen molar-refractivity contribution in [2.45, 2.75) is 30.1 Å². The van der Waals surface area contributed by atoms with Gasteiger partial charge in [0.1, 0.15) is 5.71 Å². The van der Waals surface area contributed by atoms with Crippen LogP contribution in [0.4, 0.5) is 0 Å². The lowest BCUT2D eigenvalue weighted by atomic mass is 9.99. The lowest BCUT2D eigenvalue weighted by Gasteiger charge is -2.30. The second-order valence-electron chi connectivity index (χ2n) is 6.50. The van der Waals surface area contributed by atoms with E-state index in [1.165, 1.54) is 0 Å². The van der Waals surface area contributed by atoms with Gasteiger partial charge < -0.3 is 0 Å². The van der Waals surface area contributed by atoms with Crippen LogP contribution in [0.15, 0.2) is 47.6 Å². The second-order valence-corrected chi connectivity index (χ2v) is 8.78. The number of Topliss-reactive ketones (excluding diaryl/α,β-unsaturated/α-hetero) is 1. The molecule has 2 aromatic carbocycles. The number of halogens is 3. The van der Waals surface area contributed by atoms with E-state index in [-0.39, 0.29) is 11.3 Å². The summed E-state index contributed by atoms with van der Waals surface area (Å²) >= 11 is 17.6. The Morgan fingerprint density at radius 3 is 2.17 bits per heavy atom. The second kappa shape index (κ2) is 6.91. The smallest absolute Gasteiger partial charge is 0.255 e. The van der Waals surface area contributed by atoms with Crippen molar-refractivity contribution < 1.29 is 4.79 Å². The number of alkyl halides is 3. The van der Waals surface area contributed by atoms with Gasteiger partial charge in [-0.1, -0.05) is 77.3 Å². The Balaban J connectivity index is 2.70. The highest BCUT2D eigenvalue weighted by Gasteiger charge is 2.36. The van der Waals surface area contributed by atoms with Crippen LogP contribution in [0.2, 0.25) is 0 Å². The molecule has 0 saturated heterocycles. The third-order valence-electron chi connectivity index (χ3n) is 3.74. The molecule has 0 unspecified atom stereocenters. The van der Waals surface area contributed by atoms with Crippen LogP contribution in [0, 0.1) is 0 Å². The van der Waals surface area contributed by atoms with Crippen LogP contribution in [0.25, 0.3) is 10.8 Å². The molecule has 0 spiro atoms. The highest BCUT2D eigenvalue weighted by atomic mass is 35.6. The quantitative estimate of drug-likeness (QED) is 0.412. The van der Waals surface area contributed by atoms with Crippen LogP contribution in [0.1, 0.15) is 26.3 Å². The SMILES string of the molecule is CN(/N=C(\C(=O)C(Cl)(Cl)Cl)c1cccc2ccccc12)C(C)(C)C. The Labute approximate surface area is 157 Å². The van der Waals surface area contributed by atoms with E-state index in [4.69, 9.17) is 34.8 Å². The molecule has 0 aliphatic heterocycles. The van der Waals surface area contributed by atoms with Gasteiger partial charge in [0.25, 0.3) is 3.79 Å². The van der Waals surface area contributed by atoms with Gasteiger partial charge in [0.05, 0.1) is 0 Å². The number of carbonyl (C=O) groups excluding carboxylic acids is 1. The molecule has 0 radical (unpaired) electrons. The fourth-order valence-electron chi connectivity index (χ4n) is 2.09. The number of nitrogens with zero attached hydrogens (tertiary/aromatic N) is 2. The summed E-state index contributed by atoms with van der Waals surface area (Å²) in [4.78, 5) is 12.7. The Hall–Kier alpha value is -1.29. The van der Waals surface area contributed by atoms with Crippen molar-refractivity contribution in [1.82, 2.24) is 5.01 Å². The number of carbonyl (C=O) groups is 1. The molecular weight excluding hydrogens is 367 g/mol. The third-order valence-corrected chi connectivity index (χ3v) is 4.25. The summed E-state index contributed by atoms with van der Waals surface area (Å²) in [6.45, 7) is 5.95. The molecule has 0 aliphatic rings. The fraction of sp³-hybridized carbons (Fsp3) is 0.333. The van der Waals surface area contributed by atoms with Crippen LogP contribution in [-0.4, -0.2) is 32.9 Å². The minimum atomic E-state index is -2.07. The normalized spacial score (nSPS) is 13.2. The predicted molar refractivity (Wildman–Crippen MR) is 103 cm³/mol. The first-order valence-corrected chi connectivity index (χ1v) is 8.57. The lowest BCUT2D eigenvalue weighted by molar-refractivity contribution is -0.112. The van der Waals surface area contributed by atoms with E-state index in [9.17, 15) is 4.79 Å². The van der Waals surface area contributed by atoms with Crippen LogP contribution in [-0.2, 0) is 4.79 Å². The molecule has 0 saturated carbocycles. The first-order valence-electron chi connectivity index (χ1n) is 7.44. The molecular formula is C18H19Cl3N2O. The minimum Gasteiger partial charge on any atom is -0.294 e. The Morgan fingerprint density at radius 2 is 1.58 bits per heavy atom. The summed E-state index contributed by atoms with van der Waals surface area (Å²) in [7, 11) is 1.79. The highest BCUT2D eigenvalue weighted by molar-refractivity contribution is 6.83. The molecule has 0 aromatic heterocycles. The van der Waals surface area contributed by atoms with Crippen molar-refractivity contribution in [2.24, 2.45) is 5.10 Å². The van der Waals surface area contributed by atoms with Crippen molar-refractivity contribution in [2.75, 3.05) is 7.05 Å². The van der Waals surface area contributed by atoms with E-state index < -0.39 is 9.58 Å². The molecule has 3 nitrogen and oxygen atoms in total. The van der Waals surface area contributed by atoms with Crippen molar-refractivity contribution in [3.63, 3.8) is 0 Å². The van der Waals surface area contributed by atoms with Crippen LogP contribution in [0.5, 0.6) is 0 Å². The van der Waals surface area contributed by atoms with Crippen molar-refractivity contribution in [1.29, 1.82) is 0 Å². The maximum Gasteiger partial charge on any atom is 0.255 e. The third kappa shape index (κ3) is 4.21. The number of hydrogen-bond donors (Lipinski definition) is 0. The maximum absolute atomic E-state index is 12.7. The Bertz CT molecular complexity index is 783. The monoisotopic (exact) mass is 384 g/mol. The van der Waals surface area contributed by atoms with Gasteiger partial charge in [-0.05, 0) is 31.5 Å². The molecule has 2 aromatic rings. The standard InChI is InChI=1S/C18H19Cl3N2O/c1-17(2,3)23(4)22-15(16(24)18(19,20)21)14-11-7-9-12-8-5-6-10-13(12)14/h5-11H,1-4H3/b22-15-. The van der Waals surface area contributed by atoms with Crippen molar-refractivity contribution in [3.8, 4) is 0 Å². The van der Waals surface area contributed by atoms with Crippen LogP contribution < -0.4 is 0 Å². The molecule has 6 heteroatoms. The summed E-state index contributed by atoms with van der Waals surface area (Å²) in [5, 5.41) is 8.04. The van der Waals surface area contributed by atoms with Gasteiger partial charge in [0, 0.05) is 18.2 Å². The van der Waals surface area contributed by atoms with E-state index >= 15 is 0 Å². The van der Waals surface area contributed by atoms with E-state index in [2.05, 4.69) is 5.10 Å². The molecule has 0 aliphatic carbocycles. The van der Waals surface area contributed by atoms with Gasteiger partial charge >= 0.3 is 0 Å². The molecule has 128 valence electrons. The van der Waals surface area contributed by atoms with Gasteiger partial charge in [-0.15, -0.1) is 0 Å². The fourth-order valence-corrected chi connectivity index (χ4v) is 2.36. The Morgan fingerprint density at radius 1 is 1.00 bits per heavy atom. The molecule has 0 N–H and O–H groups in total. The molecule has 0 heterocycles. The van der Waals surface area contributed by atoms with Gasteiger partial charge in [0.2, 0.25) is 5.78 Å². The average molecular weight is 386 g/mol. The number of hydrogen-bond acceptors (Lipinski definition) is 3. The first-order chi connectivity index (χ1) is 11.0. The molecule has 0 amide bonds. The van der Waals surface area contributed by atoms with Gasteiger partial charge in [-0.25, -0.2) is 0 Å². The summed E-state index contributed by atoms with van der Waals surface area (Å²) in [5.41, 5.74) is 0.480. The zero-order valence-electron chi connectivity index (χ0n) is 14.0. The number of fused-ring (bicyclic) bond motifs is 1. The number of rotatable bonds is 3. The zero-order chi connectivity index (χ0) is 18.1. The lowest BCUT2D eigenvalue weighted by Crippen LogP contribution is -2.38. The topological polar surface area (TPSA) is 32.7 Å². The minimum absolute atomic E-state index is 0.129. The Kier molecular flexibility index (Phi) is 5.48. The molecule has 0 bridgehead atoms. The number of hydrazone groups is 1. The largest absolute Gasteiger partial charge is 0.294 e. The summed E-state index contributed by atoms with van der Waals surface area (Å²) in [6, 6.07) is 13.3. The zero-order valence-corrected chi connectivity index (χ0v) is 16.2. The summed E-state index contributed by atoms with van der Waals surface area (Å²) < 4.78 is -2.07. The van der Waals surface area contributed by atoms with Crippen molar-refractivity contribution >= 4 is 57.1 Å². The van der Waals surface area contributed by atoms with E-state index in [0.717, 1.165) is 10.8 Å². The molecule has 0 atom stereocenters. The van der Waals surface area contributed by atoms with E-state index in [0.29, 0.717) is 5.56 Å². The summed E-state index contributed by atoms with van der Waals surface area (Å²) in [5.74, 6) is -0.653. The van der Waals surface area contributed by atoms with Crippen LogP contribution >= 0.6 is 34.8 Å². The van der Waals surface area contributed by atoms with E-state index in [1.807, 2.05) is 63.2 Å². The number of ketones is 1. The first kappa shape index (κ1) is 19.0. The predicted octanol–water partition coefficient (Wildman–Crippen LogP) is 5.21. The van der Waals surface area contributed by atoms with Crippen molar-refractivity contribution in [3.05, 3.63) is 48.0 Å². The maximum atomic E-state index is 12.7. The highest BCUT2D eigenvalue weighted by Crippen LogP contribution is 2.31.